The monoisotopic (exact) mass is 307 g/mol. The first kappa shape index (κ1) is 21.2. The zero-order valence-corrected chi connectivity index (χ0v) is 11.6. The fourth-order valence-electron chi connectivity index (χ4n) is 1.05. The van der Waals surface area contributed by atoms with Crippen molar-refractivity contribution in [2.24, 2.45) is 25.0 Å². The third kappa shape index (κ3) is 19.2. The zero-order chi connectivity index (χ0) is 16.9. The molecule has 0 saturated carbocycles. The molecule has 0 fully saturated rings. The quantitative estimate of drug-likeness (QED) is 0.327. The first-order chi connectivity index (χ1) is 10.8. The number of carbonyl (C=O) groups excluding carboxylic acids is 5. The summed E-state index contributed by atoms with van der Waals surface area (Å²) in [4.78, 5) is 63.1. The number of nitrogens with zero attached hydrogens (tertiary/aromatic N) is 5. The molecule has 0 aliphatic heterocycles. The molecule has 10 nitrogen and oxygen atoms in total. The molecule has 0 heterocycles. The van der Waals surface area contributed by atoms with E-state index in [0.717, 1.165) is 43.9 Å². The van der Waals surface area contributed by atoms with Crippen LogP contribution in [0.1, 0.15) is 25.7 Å². The van der Waals surface area contributed by atoms with E-state index in [0.29, 0.717) is 13.1 Å². The number of unbranched alkanes of at least 4 members (excludes halogenated alkanes) is 3. The highest BCUT2D eigenvalue weighted by Gasteiger charge is 1.96. The normalized spacial score (nSPS) is 8.91. The van der Waals surface area contributed by atoms with Crippen molar-refractivity contribution < 1.29 is 24.0 Å². The Morgan fingerprint density at radius 2 is 0.909 bits per heavy atom. The maximum Gasteiger partial charge on any atom is 0.267 e. The second-order valence-electron chi connectivity index (χ2n) is 3.37. The summed E-state index contributed by atoms with van der Waals surface area (Å²) >= 11 is 0. The molecule has 0 aromatic rings. The molecule has 0 saturated heterocycles. The summed E-state index contributed by atoms with van der Waals surface area (Å²) in [6, 6.07) is 0. The minimum absolute atomic E-state index is 0.556. The number of isocyanates is 5. The molecule has 22 heavy (non-hydrogen) atoms. The molecule has 0 amide bonds. The van der Waals surface area contributed by atoms with Crippen LogP contribution in [0.3, 0.4) is 0 Å². The summed E-state index contributed by atoms with van der Waals surface area (Å²) in [5.74, 6) is 0. The topological polar surface area (TPSA) is 147 Å². The van der Waals surface area contributed by atoms with Crippen molar-refractivity contribution in [1.82, 2.24) is 0 Å². The van der Waals surface area contributed by atoms with Crippen LogP contribution in [0.15, 0.2) is 25.0 Å². The molecule has 10 heteroatoms. The highest BCUT2D eigenvalue weighted by Crippen LogP contribution is 1.99. The van der Waals surface area contributed by atoms with Gasteiger partial charge in [-0.1, -0.05) is 12.8 Å². The molecular formula is C12H13N5O5. The predicted molar refractivity (Wildman–Crippen MR) is 72.6 cm³/mol. The molecule has 0 radical (unpaired) electrons. The Bertz CT molecular complexity index is 467. The minimum Gasteiger partial charge on any atom is -0.211 e. The van der Waals surface area contributed by atoms with Gasteiger partial charge in [-0.25, -0.2) is 34.0 Å². The van der Waals surface area contributed by atoms with Gasteiger partial charge in [0.1, 0.15) is 0 Å². The molecule has 116 valence electrons. The Labute approximate surface area is 125 Å². The van der Waals surface area contributed by atoms with Gasteiger partial charge in [-0.15, -0.1) is 0 Å². The molecule has 0 N–H and O–H groups in total. The Hall–Kier alpha value is -3.10. The number of aliphatic imine (C=N–C) groups is 5. The lowest BCUT2D eigenvalue weighted by Gasteiger charge is -1.93. The van der Waals surface area contributed by atoms with E-state index in [1.165, 1.54) is 12.2 Å². The maximum absolute atomic E-state index is 9.63. The van der Waals surface area contributed by atoms with Crippen molar-refractivity contribution in [1.29, 1.82) is 0 Å². The predicted octanol–water partition coefficient (Wildman–Crippen LogP) is 0.496. The maximum atomic E-state index is 9.63. The van der Waals surface area contributed by atoms with E-state index < -0.39 is 6.29 Å². The van der Waals surface area contributed by atoms with Gasteiger partial charge in [0, 0.05) is 0 Å². The van der Waals surface area contributed by atoms with Crippen molar-refractivity contribution in [2.45, 2.75) is 32.0 Å². The van der Waals surface area contributed by atoms with Gasteiger partial charge in [0.2, 0.25) is 30.4 Å². The smallest absolute Gasteiger partial charge is 0.211 e. The van der Waals surface area contributed by atoms with E-state index in [4.69, 9.17) is 0 Å². The summed E-state index contributed by atoms with van der Waals surface area (Å²) in [6.45, 7) is 1.11. The van der Waals surface area contributed by atoms with Crippen molar-refractivity contribution in [3.63, 3.8) is 0 Å². The van der Waals surface area contributed by atoms with Crippen molar-refractivity contribution in [2.75, 3.05) is 13.1 Å². The number of hydrogen-bond donors (Lipinski definition) is 0. The van der Waals surface area contributed by atoms with Gasteiger partial charge in [-0.2, -0.15) is 15.0 Å². The van der Waals surface area contributed by atoms with E-state index in [-0.39, 0.29) is 0 Å². The lowest BCUT2D eigenvalue weighted by atomic mass is 10.2. The van der Waals surface area contributed by atoms with Gasteiger partial charge in [0.05, 0.1) is 13.1 Å². The molecule has 0 rings (SSSR count). The largest absolute Gasteiger partial charge is 0.267 e. The molecule has 0 bridgehead atoms. The molecule has 0 aromatic heterocycles. The minimum atomic E-state index is -1.37. The molecule has 0 aliphatic carbocycles. The van der Waals surface area contributed by atoms with Crippen LogP contribution in [0.25, 0.3) is 0 Å². The van der Waals surface area contributed by atoms with Crippen molar-refractivity contribution in [3.8, 4) is 0 Å². The summed E-state index contributed by atoms with van der Waals surface area (Å²) < 4.78 is 0. The fraction of sp³-hybridized carbons (Fsp3) is 0.583. The van der Waals surface area contributed by atoms with Gasteiger partial charge >= 0.3 is 0 Å². The van der Waals surface area contributed by atoms with Crippen LogP contribution >= 0.6 is 0 Å². The van der Waals surface area contributed by atoms with Crippen LogP contribution < -0.4 is 0 Å². The molecular weight excluding hydrogens is 294 g/mol. The number of hydrogen-bond acceptors (Lipinski definition) is 10. The summed E-state index contributed by atoms with van der Waals surface area (Å²) in [7, 11) is 0. The van der Waals surface area contributed by atoms with Crippen LogP contribution in [0.2, 0.25) is 0 Å². The van der Waals surface area contributed by atoms with E-state index in [1.807, 2.05) is 0 Å². The Morgan fingerprint density at radius 1 is 0.545 bits per heavy atom. The second-order valence-corrected chi connectivity index (χ2v) is 3.37. The third-order valence-corrected chi connectivity index (χ3v) is 1.92. The van der Waals surface area contributed by atoms with Gasteiger partial charge in [-0.3, -0.25) is 0 Å². The van der Waals surface area contributed by atoms with Gasteiger partial charge < -0.3 is 0 Å². The summed E-state index contributed by atoms with van der Waals surface area (Å²) in [5, 5.41) is 0. The highest BCUT2D eigenvalue weighted by atomic mass is 16.1. The van der Waals surface area contributed by atoms with E-state index in [1.54, 1.807) is 0 Å². The Morgan fingerprint density at radius 3 is 1.18 bits per heavy atom. The van der Waals surface area contributed by atoms with Gasteiger partial charge in [-0.05, 0) is 12.8 Å². The molecule has 0 aliphatic rings. The highest BCUT2D eigenvalue weighted by molar-refractivity contribution is 5.39. The Kier molecular flexibility index (Phi) is 19.5. The first-order valence-electron chi connectivity index (χ1n) is 6.05. The standard InChI is InChI=1S/C8H12N2O2.C4HN3O3/c11-7-9-5-3-1-2-4-6-10-8-12;8-1-5-4(6-2-9)7-3-10/h1-6H2;4H. The van der Waals surface area contributed by atoms with Crippen LogP contribution in [-0.4, -0.2) is 49.8 Å². The molecule has 0 atom stereocenters. The lowest BCUT2D eigenvalue weighted by Crippen LogP contribution is -1.92. The molecule has 0 aromatic carbocycles. The lowest BCUT2D eigenvalue weighted by molar-refractivity contribution is 0.545. The average Bonchev–Trinajstić information content (AvgIpc) is 2.51. The van der Waals surface area contributed by atoms with Gasteiger partial charge in [0.25, 0.3) is 6.29 Å². The Balaban J connectivity index is 0. The van der Waals surface area contributed by atoms with Gasteiger partial charge in [0.15, 0.2) is 0 Å². The molecule has 0 spiro atoms. The van der Waals surface area contributed by atoms with Crippen LogP contribution in [0.4, 0.5) is 0 Å². The fourth-order valence-corrected chi connectivity index (χ4v) is 1.05. The van der Waals surface area contributed by atoms with Crippen molar-refractivity contribution in [3.05, 3.63) is 0 Å². The van der Waals surface area contributed by atoms with Crippen LogP contribution in [-0.2, 0) is 24.0 Å². The number of rotatable bonds is 10. The summed E-state index contributed by atoms with van der Waals surface area (Å²) in [6.07, 6.45) is 8.63. The van der Waals surface area contributed by atoms with E-state index in [2.05, 4.69) is 25.0 Å². The first-order valence-corrected chi connectivity index (χ1v) is 6.05. The zero-order valence-electron chi connectivity index (χ0n) is 11.6. The van der Waals surface area contributed by atoms with Crippen molar-refractivity contribution >= 4 is 30.4 Å². The second kappa shape index (κ2) is 20.2. The van der Waals surface area contributed by atoms with E-state index >= 15 is 0 Å². The SMILES string of the molecule is O=C=NC(N=C=O)N=C=O.O=C=NCCCCCCN=C=O. The van der Waals surface area contributed by atoms with E-state index in [9.17, 15) is 24.0 Å². The summed E-state index contributed by atoms with van der Waals surface area (Å²) in [5.41, 5.74) is 0. The van der Waals surface area contributed by atoms with Crippen LogP contribution in [0, 0.1) is 0 Å². The molecule has 0 unspecified atom stereocenters. The third-order valence-electron chi connectivity index (χ3n) is 1.92. The average molecular weight is 307 g/mol. The van der Waals surface area contributed by atoms with Crippen LogP contribution in [0.5, 0.6) is 0 Å².